The monoisotopic (exact) mass is 190 g/mol. The highest BCUT2D eigenvalue weighted by atomic mass is 16.3. The number of hydrogen-bond acceptors (Lipinski definition) is 4. The summed E-state index contributed by atoms with van der Waals surface area (Å²) in [5.74, 6) is 0.515. The molecule has 0 aliphatic heterocycles. The fraction of sp³-hybridized carbons (Fsp3) is 0.222. The zero-order chi connectivity index (χ0) is 9.80. The van der Waals surface area contributed by atoms with Crippen molar-refractivity contribution < 1.29 is 5.11 Å². The number of aromatic amines is 1. The lowest BCUT2D eigenvalue weighted by molar-refractivity contribution is 0.176. The Kier molecular flexibility index (Phi) is 2.51. The number of hydrogen-bond donors (Lipinski definition) is 2. The van der Waals surface area contributed by atoms with Gasteiger partial charge in [-0.1, -0.05) is 35.5 Å². The molecule has 0 saturated heterocycles. The van der Waals surface area contributed by atoms with Gasteiger partial charge in [-0.05, 0) is 5.56 Å². The van der Waals surface area contributed by atoms with Gasteiger partial charge in [0.1, 0.15) is 0 Å². The van der Waals surface area contributed by atoms with Crippen LogP contribution in [-0.2, 0) is 6.42 Å². The summed E-state index contributed by atoms with van der Waals surface area (Å²) in [6, 6.07) is 9.41. The number of rotatable bonds is 3. The van der Waals surface area contributed by atoms with Gasteiger partial charge in [0.2, 0.25) is 0 Å². The van der Waals surface area contributed by atoms with E-state index >= 15 is 0 Å². The van der Waals surface area contributed by atoms with E-state index in [1.54, 1.807) is 0 Å². The Balaban J connectivity index is 2.07. The molecule has 1 atom stereocenters. The van der Waals surface area contributed by atoms with Crippen molar-refractivity contribution in [3.63, 3.8) is 0 Å². The molecular weight excluding hydrogens is 180 g/mol. The zero-order valence-electron chi connectivity index (χ0n) is 7.46. The van der Waals surface area contributed by atoms with Gasteiger partial charge in [-0.15, -0.1) is 10.2 Å². The van der Waals surface area contributed by atoms with Crippen LogP contribution in [0.3, 0.4) is 0 Å². The smallest absolute Gasteiger partial charge is 0.177 e. The standard InChI is InChI=1S/C9H10N4O/c14-8(6-9-10-12-13-11-9)7-4-2-1-3-5-7/h1-5,8,14H,6H2,(H,10,11,12,13). The minimum Gasteiger partial charge on any atom is -0.388 e. The van der Waals surface area contributed by atoms with E-state index in [1.807, 2.05) is 30.3 Å². The lowest BCUT2D eigenvalue weighted by Gasteiger charge is -2.07. The molecule has 0 spiro atoms. The molecule has 2 N–H and O–H groups in total. The Labute approximate surface area is 80.8 Å². The van der Waals surface area contributed by atoms with Crippen LogP contribution in [-0.4, -0.2) is 25.7 Å². The van der Waals surface area contributed by atoms with Gasteiger partial charge in [-0.25, -0.2) is 0 Å². The molecule has 0 saturated carbocycles. The molecule has 0 aliphatic rings. The van der Waals surface area contributed by atoms with Crippen LogP contribution in [0.2, 0.25) is 0 Å². The maximum atomic E-state index is 9.77. The Morgan fingerprint density at radius 2 is 2.07 bits per heavy atom. The van der Waals surface area contributed by atoms with Crippen LogP contribution in [0.25, 0.3) is 0 Å². The SMILES string of the molecule is OC(Cc1nn[nH]n1)c1ccccc1. The molecule has 0 bridgehead atoms. The Hall–Kier alpha value is -1.75. The Bertz CT molecular complexity index is 373. The Morgan fingerprint density at radius 3 is 2.71 bits per heavy atom. The van der Waals surface area contributed by atoms with Crippen LogP contribution in [0, 0.1) is 0 Å². The predicted molar refractivity (Wildman–Crippen MR) is 49.3 cm³/mol. The first-order chi connectivity index (χ1) is 6.86. The molecule has 72 valence electrons. The fourth-order valence-corrected chi connectivity index (χ4v) is 1.23. The molecule has 0 aliphatic carbocycles. The number of aromatic nitrogens is 4. The van der Waals surface area contributed by atoms with Gasteiger partial charge in [0.25, 0.3) is 0 Å². The topological polar surface area (TPSA) is 74.7 Å². The predicted octanol–water partition coefficient (Wildman–Crippen LogP) is 0.476. The molecular formula is C9H10N4O. The molecule has 0 fully saturated rings. The van der Waals surface area contributed by atoms with E-state index < -0.39 is 6.10 Å². The van der Waals surface area contributed by atoms with Crippen molar-refractivity contribution in [3.05, 3.63) is 41.7 Å². The number of aliphatic hydroxyl groups excluding tert-OH is 1. The van der Waals surface area contributed by atoms with Crippen molar-refractivity contribution in [2.24, 2.45) is 0 Å². The van der Waals surface area contributed by atoms with E-state index in [-0.39, 0.29) is 0 Å². The normalized spacial score (nSPS) is 12.6. The molecule has 5 heteroatoms. The summed E-state index contributed by atoms with van der Waals surface area (Å²) in [7, 11) is 0. The van der Waals surface area contributed by atoms with Gasteiger partial charge in [0.15, 0.2) is 5.82 Å². The van der Waals surface area contributed by atoms with Gasteiger partial charge >= 0.3 is 0 Å². The number of nitrogens with one attached hydrogen (secondary N) is 1. The molecule has 1 unspecified atom stereocenters. The minimum atomic E-state index is -0.575. The summed E-state index contributed by atoms with van der Waals surface area (Å²) in [6.07, 6.45) is -0.200. The molecule has 1 aromatic carbocycles. The maximum absolute atomic E-state index is 9.77. The molecule has 0 radical (unpaired) electrons. The van der Waals surface area contributed by atoms with Crippen molar-refractivity contribution in [2.75, 3.05) is 0 Å². The second-order valence-corrected chi connectivity index (χ2v) is 2.96. The van der Waals surface area contributed by atoms with Gasteiger partial charge in [0.05, 0.1) is 6.10 Å². The van der Waals surface area contributed by atoms with E-state index in [9.17, 15) is 5.11 Å². The molecule has 14 heavy (non-hydrogen) atoms. The molecule has 1 aromatic heterocycles. The maximum Gasteiger partial charge on any atom is 0.177 e. The van der Waals surface area contributed by atoms with Crippen molar-refractivity contribution in [1.82, 2.24) is 20.6 Å². The first-order valence-corrected chi connectivity index (χ1v) is 4.31. The number of nitrogens with zero attached hydrogens (tertiary/aromatic N) is 3. The van der Waals surface area contributed by atoms with E-state index in [1.165, 1.54) is 0 Å². The van der Waals surface area contributed by atoms with Crippen LogP contribution in [0.4, 0.5) is 0 Å². The molecule has 1 heterocycles. The highest BCUT2D eigenvalue weighted by Crippen LogP contribution is 2.14. The van der Waals surface area contributed by atoms with Crippen molar-refractivity contribution in [2.45, 2.75) is 12.5 Å². The van der Waals surface area contributed by atoms with Crippen LogP contribution in [0.1, 0.15) is 17.5 Å². The summed E-state index contributed by atoms with van der Waals surface area (Å²) in [5, 5.41) is 23.1. The first-order valence-electron chi connectivity index (χ1n) is 4.31. The Morgan fingerprint density at radius 1 is 1.29 bits per heavy atom. The molecule has 5 nitrogen and oxygen atoms in total. The van der Waals surface area contributed by atoms with Crippen LogP contribution in [0.15, 0.2) is 30.3 Å². The average molecular weight is 190 g/mol. The summed E-state index contributed by atoms with van der Waals surface area (Å²) >= 11 is 0. The van der Waals surface area contributed by atoms with Crippen molar-refractivity contribution in [1.29, 1.82) is 0 Å². The number of aliphatic hydroxyl groups is 1. The quantitative estimate of drug-likeness (QED) is 0.738. The fourth-order valence-electron chi connectivity index (χ4n) is 1.23. The number of tetrazole rings is 1. The van der Waals surface area contributed by atoms with Gasteiger partial charge < -0.3 is 5.11 Å². The summed E-state index contributed by atoms with van der Waals surface area (Å²) in [5.41, 5.74) is 0.859. The molecule has 2 aromatic rings. The highest BCUT2D eigenvalue weighted by molar-refractivity contribution is 5.17. The van der Waals surface area contributed by atoms with Crippen LogP contribution < -0.4 is 0 Å². The first kappa shape index (κ1) is 8.83. The summed E-state index contributed by atoms with van der Waals surface area (Å²) in [6.45, 7) is 0. The second-order valence-electron chi connectivity index (χ2n) is 2.96. The summed E-state index contributed by atoms with van der Waals surface area (Å²) in [4.78, 5) is 0. The molecule has 2 rings (SSSR count). The van der Waals surface area contributed by atoms with E-state index in [2.05, 4.69) is 20.6 Å². The third kappa shape index (κ3) is 1.94. The van der Waals surface area contributed by atoms with E-state index in [4.69, 9.17) is 0 Å². The minimum absolute atomic E-state index is 0.376. The third-order valence-electron chi connectivity index (χ3n) is 1.95. The van der Waals surface area contributed by atoms with E-state index in [0.717, 1.165) is 5.56 Å². The van der Waals surface area contributed by atoms with Crippen molar-refractivity contribution >= 4 is 0 Å². The lowest BCUT2D eigenvalue weighted by atomic mass is 10.1. The van der Waals surface area contributed by atoms with Gasteiger partial charge in [0, 0.05) is 6.42 Å². The van der Waals surface area contributed by atoms with E-state index in [0.29, 0.717) is 12.2 Å². The van der Waals surface area contributed by atoms with Crippen LogP contribution >= 0.6 is 0 Å². The third-order valence-corrected chi connectivity index (χ3v) is 1.95. The lowest BCUT2D eigenvalue weighted by Crippen LogP contribution is -2.03. The molecule has 0 amide bonds. The van der Waals surface area contributed by atoms with Crippen LogP contribution in [0.5, 0.6) is 0 Å². The summed E-state index contributed by atoms with van der Waals surface area (Å²) < 4.78 is 0. The number of benzene rings is 1. The average Bonchev–Trinajstić information content (AvgIpc) is 2.72. The van der Waals surface area contributed by atoms with Gasteiger partial charge in [-0.2, -0.15) is 5.21 Å². The van der Waals surface area contributed by atoms with Gasteiger partial charge in [-0.3, -0.25) is 0 Å². The zero-order valence-corrected chi connectivity index (χ0v) is 7.46. The largest absolute Gasteiger partial charge is 0.388 e. The van der Waals surface area contributed by atoms with Crippen molar-refractivity contribution in [3.8, 4) is 0 Å². The highest BCUT2D eigenvalue weighted by Gasteiger charge is 2.10. The number of H-pyrrole nitrogens is 1. The second kappa shape index (κ2) is 3.97.